The second-order valence-electron chi connectivity index (χ2n) is 11.4. The predicted octanol–water partition coefficient (Wildman–Crippen LogP) is 2.61. The van der Waals surface area contributed by atoms with Gasteiger partial charge in [-0.15, -0.1) is 0 Å². The summed E-state index contributed by atoms with van der Waals surface area (Å²) < 4.78 is 68.9. The van der Waals surface area contributed by atoms with Crippen LogP contribution in [0.25, 0.3) is 0 Å². The lowest BCUT2D eigenvalue weighted by molar-refractivity contribution is -0.181. The third kappa shape index (κ3) is 2.71. The van der Waals surface area contributed by atoms with Crippen LogP contribution < -0.4 is 0 Å². The number of ether oxygens (including phenoxy) is 2. The Balaban J connectivity index is 1.33. The SMILES string of the molecule is CCC1(C(=O)C2C3CC4C(OC(=O)C42)C3OC(=O)C(F)(F)S(=O)(=O)O)C2CC3CC(C2)CC1C3. The highest BCUT2D eigenvalue weighted by atomic mass is 32.2. The molecule has 7 aliphatic rings. The molecule has 0 radical (unpaired) electrons. The lowest BCUT2D eigenvalue weighted by Crippen LogP contribution is -2.59. The first-order chi connectivity index (χ1) is 15.9. The van der Waals surface area contributed by atoms with Gasteiger partial charge in [-0.05, 0) is 68.6 Å². The molecule has 1 heterocycles. The van der Waals surface area contributed by atoms with Crippen LogP contribution in [0.3, 0.4) is 0 Å². The number of esters is 2. The molecule has 0 aromatic rings. The van der Waals surface area contributed by atoms with Gasteiger partial charge in [0.15, 0.2) is 0 Å². The van der Waals surface area contributed by atoms with Gasteiger partial charge in [0.05, 0.1) is 5.92 Å². The Labute approximate surface area is 195 Å². The lowest BCUT2D eigenvalue weighted by Gasteiger charge is -2.61. The Morgan fingerprint density at radius 3 is 2.21 bits per heavy atom. The molecule has 8 nitrogen and oxygen atoms in total. The van der Waals surface area contributed by atoms with Crippen LogP contribution in [0.15, 0.2) is 0 Å². The van der Waals surface area contributed by atoms with Crippen molar-refractivity contribution in [2.24, 2.45) is 52.8 Å². The van der Waals surface area contributed by atoms with Crippen LogP contribution in [-0.4, -0.2) is 48.2 Å². The van der Waals surface area contributed by atoms with E-state index in [4.69, 9.17) is 14.0 Å². The maximum atomic E-state index is 14.4. The van der Waals surface area contributed by atoms with E-state index in [2.05, 4.69) is 0 Å². The third-order valence-corrected chi connectivity index (χ3v) is 11.1. The molecule has 1 saturated heterocycles. The maximum absolute atomic E-state index is 14.4. The molecule has 34 heavy (non-hydrogen) atoms. The zero-order valence-corrected chi connectivity index (χ0v) is 19.5. The molecule has 6 unspecified atom stereocenters. The number of halogens is 2. The van der Waals surface area contributed by atoms with Crippen molar-refractivity contribution in [1.29, 1.82) is 0 Å². The topological polar surface area (TPSA) is 124 Å². The molecule has 6 atom stereocenters. The maximum Gasteiger partial charge on any atom is 0.465 e. The van der Waals surface area contributed by atoms with Gasteiger partial charge in [-0.1, -0.05) is 6.92 Å². The Kier molecular flexibility index (Phi) is 4.69. The number of fused-ring (bicyclic) bond motifs is 1. The summed E-state index contributed by atoms with van der Waals surface area (Å²) in [4.78, 5) is 39.2. The summed E-state index contributed by atoms with van der Waals surface area (Å²) in [5, 5.41) is -5.15. The van der Waals surface area contributed by atoms with Crippen LogP contribution in [0.4, 0.5) is 8.78 Å². The number of carbonyl (C=O) groups excluding carboxylic acids is 3. The molecular weight excluding hydrogens is 474 g/mol. The first-order valence-corrected chi connectivity index (χ1v) is 13.6. The van der Waals surface area contributed by atoms with E-state index in [1.807, 2.05) is 6.92 Å². The van der Waals surface area contributed by atoms with Crippen molar-refractivity contribution in [1.82, 2.24) is 0 Å². The van der Waals surface area contributed by atoms with Gasteiger partial charge < -0.3 is 9.47 Å². The van der Waals surface area contributed by atoms with E-state index in [1.54, 1.807) is 0 Å². The van der Waals surface area contributed by atoms with Crippen LogP contribution in [0.5, 0.6) is 0 Å². The fourth-order valence-electron chi connectivity index (χ4n) is 9.29. The van der Waals surface area contributed by atoms with Crippen molar-refractivity contribution in [2.45, 2.75) is 69.3 Å². The fourth-order valence-corrected chi connectivity index (χ4v) is 9.55. The molecule has 0 spiro atoms. The van der Waals surface area contributed by atoms with Gasteiger partial charge in [0, 0.05) is 23.2 Å². The largest absolute Gasteiger partial charge is 0.465 e. The van der Waals surface area contributed by atoms with Crippen molar-refractivity contribution >= 4 is 27.8 Å². The van der Waals surface area contributed by atoms with Crippen LogP contribution in [-0.2, 0) is 34.0 Å². The third-order valence-electron chi connectivity index (χ3n) is 10.3. The van der Waals surface area contributed by atoms with Gasteiger partial charge >= 0.3 is 27.3 Å². The highest BCUT2D eigenvalue weighted by molar-refractivity contribution is 7.87. The highest BCUT2D eigenvalue weighted by Gasteiger charge is 2.73. The number of carbonyl (C=O) groups is 3. The van der Waals surface area contributed by atoms with Crippen molar-refractivity contribution < 1.29 is 45.6 Å². The number of ketones is 1. The van der Waals surface area contributed by atoms with Crippen molar-refractivity contribution in [2.75, 3.05) is 0 Å². The summed E-state index contributed by atoms with van der Waals surface area (Å²) in [5.74, 6) is -3.90. The fraction of sp³-hybridized carbons (Fsp3) is 0.870. The second kappa shape index (κ2) is 6.99. The lowest BCUT2D eigenvalue weighted by atomic mass is 9.42. The minimum atomic E-state index is -6.04. The number of rotatable bonds is 6. The molecule has 6 bridgehead atoms. The van der Waals surface area contributed by atoms with Crippen LogP contribution in [0.2, 0.25) is 0 Å². The molecule has 0 aromatic heterocycles. The van der Waals surface area contributed by atoms with Gasteiger partial charge in [-0.3, -0.25) is 14.1 Å². The molecule has 0 amide bonds. The minimum Gasteiger partial charge on any atom is -0.458 e. The van der Waals surface area contributed by atoms with E-state index in [-0.39, 0.29) is 17.6 Å². The van der Waals surface area contributed by atoms with Crippen molar-refractivity contribution in [3.05, 3.63) is 0 Å². The smallest absolute Gasteiger partial charge is 0.458 e. The first-order valence-electron chi connectivity index (χ1n) is 12.2. The number of hydrogen-bond donors (Lipinski definition) is 1. The second-order valence-corrected chi connectivity index (χ2v) is 12.9. The van der Waals surface area contributed by atoms with E-state index in [0.717, 1.165) is 25.7 Å². The molecule has 11 heteroatoms. The molecule has 7 rings (SSSR count). The summed E-state index contributed by atoms with van der Waals surface area (Å²) in [5.41, 5.74) is -0.576. The molecule has 6 aliphatic carbocycles. The van der Waals surface area contributed by atoms with Crippen LogP contribution in [0, 0.1) is 52.8 Å². The van der Waals surface area contributed by atoms with Gasteiger partial charge in [0.25, 0.3) is 0 Å². The Morgan fingerprint density at radius 2 is 1.68 bits per heavy atom. The predicted molar refractivity (Wildman–Crippen MR) is 110 cm³/mol. The van der Waals surface area contributed by atoms with Gasteiger partial charge in [-0.25, -0.2) is 4.79 Å². The zero-order chi connectivity index (χ0) is 24.4. The Bertz CT molecular complexity index is 1040. The molecule has 1 aliphatic heterocycles. The normalized spacial score (nSPS) is 48.3. The van der Waals surface area contributed by atoms with E-state index in [1.165, 1.54) is 6.42 Å². The van der Waals surface area contributed by atoms with E-state index in [9.17, 15) is 31.6 Å². The Morgan fingerprint density at radius 1 is 1.09 bits per heavy atom. The first kappa shape index (κ1) is 22.8. The summed E-state index contributed by atoms with van der Waals surface area (Å²) in [7, 11) is -6.04. The Hall–Kier alpha value is -1.62. The summed E-state index contributed by atoms with van der Waals surface area (Å²) in [6.45, 7) is 2.01. The molecular formula is C23H28F2O8S. The average molecular weight is 503 g/mol. The quantitative estimate of drug-likeness (QED) is 0.434. The molecule has 1 N–H and O–H groups in total. The van der Waals surface area contributed by atoms with Gasteiger partial charge in [0.2, 0.25) is 0 Å². The molecule has 0 aromatic carbocycles. The number of alkyl halides is 2. The monoisotopic (exact) mass is 502 g/mol. The molecule has 6 saturated carbocycles. The standard InChI is InChI=1S/C23H28F2O8S/c1-2-22(11-4-9-3-10(6-11)7-12(22)5-9)19(26)15-13-8-14-16(15)20(27)32-17(14)18(13)33-21(28)23(24,25)34(29,30)31/h9-18H,2-8H2,1H3,(H,29,30,31). The summed E-state index contributed by atoms with van der Waals surface area (Å²) >= 11 is 0. The van der Waals surface area contributed by atoms with Crippen LogP contribution >= 0.6 is 0 Å². The summed E-state index contributed by atoms with van der Waals surface area (Å²) in [6, 6.07) is 0. The van der Waals surface area contributed by atoms with Crippen molar-refractivity contribution in [3.63, 3.8) is 0 Å². The van der Waals surface area contributed by atoms with E-state index in [0.29, 0.717) is 24.7 Å². The van der Waals surface area contributed by atoms with Gasteiger partial charge in [-0.2, -0.15) is 17.2 Å². The minimum absolute atomic E-state index is 0.0267. The molecule has 188 valence electrons. The number of hydrogen-bond acceptors (Lipinski definition) is 7. The zero-order valence-electron chi connectivity index (χ0n) is 18.7. The van der Waals surface area contributed by atoms with E-state index < -0.39 is 68.6 Å². The molecule has 7 fully saturated rings. The van der Waals surface area contributed by atoms with Crippen molar-refractivity contribution in [3.8, 4) is 0 Å². The van der Waals surface area contributed by atoms with Crippen LogP contribution in [0.1, 0.15) is 51.9 Å². The summed E-state index contributed by atoms with van der Waals surface area (Å²) in [6.07, 6.45) is 3.81. The van der Waals surface area contributed by atoms with E-state index >= 15 is 0 Å². The van der Waals surface area contributed by atoms with Gasteiger partial charge in [0.1, 0.15) is 18.0 Å². The number of Topliss-reactive ketones (excluding diaryl/α,β-unsaturated/α-hetero) is 1. The average Bonchev–Trinajstić information content (AvgIpc) is 3.36. The highest BCUT2D eigenvalue weighted by Crippen LogP contribution is 2.67.